The molecule has 2 amide bonds. The molecule has 0 bridgehead atoms. The van der Waals surface area contributed by atoms with Gasteiger partial charge in [0.05, 0.1) is 16.1 Å². The van der Waals surface area contributed by atoms with Crippen LogP contribution in [0, 0.1) is 11.3 Å². The van der Waals surface area contributed by atoms with Crippen molar-refractivity contribution in [2.75, 3.05) is 18.4 Å². The number of hydrogen-bond donors (Lipinski definition) is 2. The smallest absolute Gasteiger partial charge is 0.313 e. The lowest BCUT2D eigenvalue weighted by Crippen LogP contribution is -2.45. The summed E-state index contributed by atoms with van der Waals surface area (Å²) in [6.07, 6.45) is 1.26. The zero-order valence-corrected chi connectivity index (χ0v) is 16.4. The van der Waals surface area contributed by atoms with Crippen LogP contribution in [0.5, 0.6) is 0 Å². The number of carbonyl (C=O) groups is 2. The van der Waals surface area contributed by atoms with Crippen LogP contribution in [0.25, 0.3) is 0 Å². The fraction of sp³-hybridized carbons (Fsp3) is 0.250. The molecule has 1 atom stereocenters. The first-order valence-electron chi connectivity index (χ1n) is 9.08. The zero-order chi connectivity index (χ0) is 20.9. The Labute approximate surface area is 169 Å². The summed E-state index contributed by atoms with van der Waals surface area (Å²) in [5, 5.41) is 13.9. The van der Waals surface area contributed by atoms with Crippen LogP contribution >= 0.6 is 0 Å². The number of carbonyl (C=O) groups excluding carboxylic acids is 2. The molecule has 8 nitrogen and oxygen atoms in total. The highest BCUT2D eigenvalue weighted by Gasteiger charge is 2.35. The Balaban J connectivity index is 1.62. The van der Waals surface area contributed by atoms with Crippen molar-refractivity contribution in [3.8, 4) is 6.07 Å². The van der Waals surface area contributed by atoms with E-state index in [4.69, 9.17) is 5.26 Å². The lowest BCUT2D eigenvalue weighted by atomic mass is 10.2. The number of nitrogens with zero attached hydrogens (tertiary/aromatic N) is 2. The minimum Gasteiger partial charge on any atom is -0.346 e. The second-order valence-corrected chi connectivity index (χ2v) is 8.44. The lowest BCUT2D eigenvalue weighted by molar-refractivity contribution is -0.136. The van der Waals surface area contributed by atoms with Crippen molar-refractivity contribution in [3.63, 3.8) is 0 Å². The van der Waals surface area contributed by atoms with Crippen LogP contribution in [0.4, 0.5) is 5.69 Å². The molecular formula is C20H20N4O4S. The molecule has 2 aromatic carbocycles. The second-order valence-electron chi connectivity index (χ2n) is 6.55. The third-order valence-corrected chi connectivity index (χ3v) is 6.64. The van der Waals surface area contributed by atoms with Gasteiger partial charge in [0.2, 0.25) is 10.0 Å². The molecule has 1 heterocycles. The number of amides is 2. The topological polar surface area (TPSA) is 119 Å². The van der Waals surface area contributed by atoms with E-state index in [1.807, 2.05) is 6.07 Å². The third-order valence-electron chi connectivity index (χ3n) is 4.67. The van der Waals surface area contributed by atoms with Gasteiger partial charge < -0.3 is 10.6 Å². The SMILES string of the molecule is N#Cc1ccccc1NC(=O)C(=O)NC[C@@H]1CCCN1S(=O)(=O)c1ccccc1. The average molecular weight is 412 g/mol. The van der Waals surface area contributed by atoms with Crippen LogP contribution in [0.3, 0.4) is 0 Å². The van der Waals surface area contributed by atoms with E-state index in [0.29, 0.717) is 19.4 Å². The van der Waals surface area contributed by atoms with E-state index >= 15 is 0 Å². The Kier molecular flexibility index (Phi) is 6.26. The van der Waals surface area contributed by atoms with Crippen molar-refractivity contribution in [2.24, 2.45) is 0 Å². The van der Waals surface area contributed by atoms with Gasteiger partial charge in [0.25, 0.3) is 0 Å². The predicted molar refractivity (Wildman–Crippen MR) is 106 cm³/mol. The van der Waals surface area contributed by atoms with Gasteiger partial charge in [-0.25, -0.2) is 8.42 Å². The van der Waals surface area contributed by atoms with E-state index in [9.17, 15) is 18.0 Å². The molecule has 2 aromatic rings. The molecule has 29 heavy (non-hydrogen) atoms. The first kappa shape index (κ1) is 20.5. The van der Waals surface area contributed by atoms with Gasteiger partial charge in [0.15, 0.2) is 0 Å². The average Bonchev–Trinajstić information content (AvgIpc) is 3.22. The summed E-state index contributed by atoms with van der Waals surface area (Å²) in [5.41, 5.74) is 0.480. The summed E-state index contributed by atoms with van der Waals surface area (Å²) in [5.74, 6) is -1.80. The molecule has 0 spiro atoms. The van der Waals surface area contributed by atoms with E-state index in [1.165, 1.54) is 28.6 Å². The van der Waals surface area contributed by atoms with E-state index in [0.717, 1.165) is 0 Å². The Morgan fingerprint density at radius 1 is 1.07 bits per heavy atom. The van der Waals surface area contributed by atoms with Gasteiger partial charge >= 0.3 is 11.8 Å². The Morgan fingerprint density at radius 3 is 2.48 bits per heavy atom. The predicted octanol–water partition coefficient (Wildman–Crippen LogP) is 1.47. The maximum Gasteiger partial charge on any atom is 0.313 e. The molecule has 1 fully saturated rings. The molecule has 0 aromatic heterocycles. The molecule has 0 saturated carbocycles. The van der Waals surface area contributed by atoms with Crippen molar-refractivity contribution in [2.45, 2.75) is 23.8 Å². The number of rotatable bonds is 5. The lowest BCUT2D eigenvalue weighted by Gasteiger charge is -2.24. The summed E-state index contributed by atoms with van der Waals surface area (Å²) in [6.45, 7) is 0.387. The number of benzene rings is 2. The highest BCUT2D eigenvalue weighted by Crippen LogP contribution is 2.25. The molecular weight excluding hydrogens is 392 g/mol. The minimum absolute atomic E-state index is 0.0260. The van der Waals surface area contributed by atoms with E-state index < -0.39 is 27.9 Å². The summed E-state index contributed by atoms with van der Waals surface area (Å²) in [4.78, 5) is 24.5. The van der Waals surface area contributed by atoms with Gasteiger partial charge in [-0.15, -0.1) is 0 Å². The quantitative estimate of drug-likeness (QED) is 0.721. The normalized spacial score (nSPS) is 16.7. The highest BCUT2D eigenvalue weighted by molar-refractivity contribution is 7.89. The van der Waals surface area contributed by atoms with Crippen LogP contribution in [0.1, 0.15) is 18.4 Å². The van der Waals surface area contributed by atoms with Crippen molar-refractivity contribution in [3.05, 3.63) is 60.2 Å². The van der Waals surface area contributed by atoms with E-state index in [2.05, 4.69) is 10.6 Å². The van der Waals surface area contributed by atoms with Crippen LogP contribution < -0.4 is 10.6 Å². The molecule has 1 aliphatic rings. The van der Waals surface area contributed by atoms with Crippen molar-refractivity contribution >= 4 is 27.5 Å². The number of nitriles is 1. The van der Waals surface area contributed by atoms with Gasteiger partial charge in [0, 0.05) is 19.1 Å². The fourth-order valence-electron chi connectivity index (χ4n) is 3.22. The van der Waals surface area contributed by atoms with Gasteiger partial charge in [-0.2, -0.15) is 9.57 Å². The molecule has 150 valence electrons. The monoisotopic (exact) mass is 412 g/mol. The molecule has 2 N–H and O–H groups in total. The van der Waals surface area contributed by atoms with Crippen molar-refractivity contribution in [1.82, 2.24) is 9.62 Å². The molecule has 1 aliphatic heterocycles. The molecule has 0 unspecified atom stereocenters. The van der Waals surface area contributed by atoms with Crippen molar-refractivity contribution < 1.29 is 18.0 Å². The molecule has 0 aliphatic carbocycles. The van der Waals surface area contributed by atoms with Crippen molar-refractivity contribution in [1.29, 1.82) is 5.26 Å². The van der Waals surface area contributed by atoms with Gasteiger partial charge in [0.1, 0.15) is 6.07 Å². The Morgan fingerprint density at radius 2 is 1.76 bits per heavy atom. The van der Waals surface area contributed by atoms with Gasteiger partial charge in [-0.3, -0.25) is 9.59 Å². The van der Waals surface area contributed by atoms with Crippen LogP contribution in [-0.2, 0) is 19.6 Å². The van der Waals surface area contributed by atoms with Crippen LogP contribution in [0.2, 0.25) is 0 Å². The van der Waals surface area contributed by atoms with Crippen LogP contribution in [0.15, 0.2) is 59.5 Å². The minimum atomic E-state index is -3.67. The standard InChI is InChI=1S/C20H20N4O4S/c21-13-15-7-4-5-11-18(15)23-20(26)19(25)22-14-16-8-6-12-24(16)29(27,28)17-9-2-1-3-10-17/h1-5,7,9-11,16H,6,8,12,14H2,(H,22,25)(H,23,26)/t16-/m0/s1. The van der Waals surface area contributed by atoms with Gasteiger partial charge in [-0.1, -0.05) is 30.3 Å². The summed E-state index contributed by atoms with van der Waals surface area (Å²) in [6, 6.07) is 16.0. The first-order chi connectivity index (χ1) is 13.9. The number of para-hydroxylation sites is 1. The number of anilines is 1. The maximum atomic E-state index is 12.8. The third kappa shape index (κ3) is 4.62. The highest BCUT2D eigenvalue weighted by atomic mass is 32.2. The van der Waals surface area contributed by atoms with Gasteiger partial charge in [-0.05, 0) is 37.1 Å². The van der Waals surface area contributed by atoms with E-state index in [-0.39, 0.29) is 22.7 Å². The molecule has 1 saturated heterocycles. The summed E-state index contributed by atoms with van der Waals surface area (Å²) >= 11 is 0. The molecule has 9 heteroatoms. The van der Waals surface area contributed by atoms with Crippen LogP contribution in [-0.4, -0.2) is 43.7 Å². The largest absolute Gasteiger partial charge is 0.346 e. The Hall–Kier alpha value is -3.22. The fourth-order valence-corrected chi connectivity index (χ4v) is 4.93. The number of sulfonamides is 1. The molecule has 3 rings (SSSR count). The second kappa shape index (κ2) is 8.86. The zero-order valence-electron chi connectivity index (χ0n) is 15.5. The summed E-state index contributed by atoms with van der Waals surface area (Å²) < 4.78 is 27.0. The maximum absolute atomic E-state index is 12.8. The molecule has 0 radical (unpaired) electrons. The first-order valence-corrected chi connectivity index (χ1v) is 10.5. The number of hydrogen-bond acceptors (Lipinski definition) is 5. The van der Waals surface area contributed by atoms with E-state index in [1.54, 1.807) is 30.3 Å². The Bertz CT molecular complexity index is 1050. The number of nitrogens with one attached hydrogen (secondary N) is 2. The summed E-state index contributed by atoms with van der Waals surface area (Å²) in [7, 11) is -3.67.